The lowest BCUT2D eigenvalue weighted by molar-refractivity contribution is 0.319. The lowest BCUT2D eigenvalue weighted by Crippen LogP contribution is -2.12. The van der Waals surface area contributed by atoms with Crippen molar-refractivity contribution in [3.05, 3.63) is 93.6 Å². The van der Waals surface area contributed by atoms with Gasteiger partial charge in [0, 0.05) is 35.4 Å². The molecule has 4 aromatic rings. The van der Waals surface area contributed by atoms with Crippen molar-refractivity contribution in [2.24, 2.45) is 5.16 Å². The van der Waals surface area contributed by atoms with Gasteiger partial charge in [-0.3, -0.25) is 0 Å². The Morgan fingerprint density at radius 2 is 1.70 bits per heavy atom. The third-order valence-electron chi connectivity index (χ3n) is 5.72. The Morgan fingerprint density at radius 3 is 2.43 bits per heavy atom. The summed E-state index contributed by atoms with van der Waals surface area (Å²) in [5.74, 6) is 0. The third-order valence-corrected chi connectivity index (χ3v) is 6.03. The third kappa shape index (κ3) is 3.44. The molecule has 1 heterocycles. The molecular weight excluding hydrogens is 394 g/mol. The summed E-state index contributed by atoms with van der Waals surface area (Å²) in [6, 6.07) is 18.2. The van der Waals surface area contributed by atoms with Crippen LogP contribution in [-0.2, 0) is 0 Å². The second kappa shape index (κ2) is 7.88. The van der Waals surface area contributed by atoms with Gasteiger partial charge >= 0.3 is 0 Å². The first-order chi connectivity index (χ1) is 14.4. The van der Waals surface area contributed by atoms with Crippen molar-refractivity contribution in [3.8, 4) is 0 Å². The van der Waals surface area contributed by atoms with Gasteiger partial charge in [-0.15, -0.1) is 0 Å². The van der Waals surface area contributed by atoms with Crippen molar-refractivity contribution in [1.29, 1.82) is 0 Å². The van der Waals surface area contributed by atoms with Gasteiger partial charge in [0.05, 0.1) is 16.2 Å². The summed E-state index contributed by atoms with van der Waals surface area (Å²) < 4.78 is 0. The van der Waals surface area contributed by atoms with Crippen molar-refractivity contribution < 1.29 is 5.21 Å². The smallest absolute Gasteiger partial charge is 0.118 e. The van der Waals surface area contributed by atoms with Crippen molar-refractivity contribution in [1.82, 2.24) is 4.98 Å². The number of benzene rings is 3. The molecule has 4 nitrogen and oxygen atoms in total. The highest BCUT2D eigenvalue weighted by Gasteiger charge is 2.17. The van der Waals surface area contributed by atoms with E-state index in [0.29, 0.717) is 16.3 Å². The number of aromatic amines is 1. The number of halogens is 1. The van der Waals surface area contributed by atoms with Gasteiger partial charge in [-0.25, -0.2) is 0 Å². The summed E-state index contributed by atoms with van der Waals surface area (Å²) in [6.45, 7) is 6.14. The maximum Gasteiger partial charge on any atom is 0.118 e. The highest BCUT2D eigenvalue weighted by atomic mass is 35.5. The zero-order valence-electron chi connectivity index (χ0n) is 17.5. The Labute approximate surface area is 181 Å². The van der Waals surface area contributed by atoms with Crippen LogP contribution in [0.5, 0.6) is 0 Å². The molecule has 0 saturated carbocycles. The van der Waals surface area contributed by atoms with E-state index in [1.807, 2.05) is 57.4 Å². The highest BCUT2D eigenvalue weighted by molar-refractivity contribution is 6.35. The molecule has 0 radical (unpaired) electrons. The zero-order valence-corrected chi connectivity index (χ0v) is 18.2. The summed E-state index contributed by atoms with van der Waals surface area (Å²) in [4.78, 5) is 5.39. The second-order valence-electron chi connectivity index (χ2n) is 7.64. The molecule has 3 aromatic carbocycles. The number of aromatic nitrogens is 1. The number of H-pyrrole nitrogens is 1. The fourth-order valence-electron chi connectivity index (χ4n) is 3.86. The summed E-state index contributed by atoms with van der Waals surface area (Å²) >= 11 is 6.68. The Hall–Kier alpha value is -3.24. The maximum atomic E-state index is 9.81. The number of hydrogen-bond acceptors (Lipinski definition) is 3. The number of aryl methyl sites for hydroxylation is 3. The number of anilines is 2. The van der Waals surface area contributed by atoms with E-state index >= 15 is 0 Å². The second-order valence-corrected chi connectivity index (χ2v) is 8.05. The molecule has 152 valence electrons. The minimum atomic E-state index is 0.473. The molecule has 0 atom stereocenters. The minimum absolute atomic E-state index is 0.473. The van der Waals surface area contributed by atoms with E-state index in [9.17, 15) is 5.21 Å². The van der Waals surface area contributed by atoms with Gasteiger partial charge in [0.2, 0.25) is 0 Å². The van der Waals surface area contributed by atoms with E-state index in [-0.39, 0.29) is 0 Å². The van der Waals surface area contributed by atoms with Gasteiger partial charge in [-0.2, -0.15) is 0 Å². The highest BCUT2D eigenvalue weighted by Crippen LogP contribution is 2.33. The molecule has 0 aliphatic rings. The van der Waals surface area contributed by atoms with Gasteiger partial charge in [-0.05, 0) is 73.9 Å². The lowest BCUT2D eigenvalue weighted by Gasteiger charge is -2.21. The Kier molecular flexibility index (Phi) is 5.27. The number of hydrogen-bond donors (Lipinski definition) is 2. The zero-order chi connectivity index (χ0) is 21.4. The lowest BCUT2D eigenvalue weighted by atomic mass is 9.94. The first-order valence-corrected chi connectivity index (χ1v) is 10.2. The fourth-order valence-corrected chi connectivity index (χ4v) is 4.12. The molecule has 0 aliphatic heterocycles. The normalized spacial score (nSPS) is 11.8. The van der Waals surface area contributed by atoms with Crippen LogP contribution < -0.4 is 4.90 Å². The molecule has 0 unspecified atom stereocenters. The quantitative estimate of drug-likeness (QED) is 0.219. The number of rotatable bonds is 4. The van der Waals surface area contributed by atoms with Gasteiger partial charge < -0.3 is 15.1 Å². The number of oxime groups is 1. The standard InChI is InChI=1S/C25H24ClN3O/c1-15-12-17(3)21(13-16(15)2)25(28-30)20-9-8-19(14-22(20)26)29(4)23-7-5-6-18-10-11-27-24(18)23/h5-14,27,30H,1-4H3. The van der Waals surface area contributed by atoms with Crippen LogP contribution in [0.25, 0.3) is 10.9 Å². The molecule has 0 aliphatic carbocycles. The molecule has 5 heteroatoms. The maximum absolute atomic E-state index is 9.81. The summed E-state index contributed by atoms with van der Waals surface area (Å²) in [5, 5.41) is 15.1. The molecule has 0 spiro atoms. The van der Waals surface area contributed by atoms with Crippen LogP contribution in [0.3, 0.4) is 0 Å². The number of para-hydroxylation sites is 1. The Morgan fingerprint density at radius 1 is 0.933 bits per heavy atom. The number of nitrogens with zero attached hydrogens (tertiary/aromatic N) is 2. The van der Waals surface area contributed by atoms with Crippen LogP contribution in [0.2, 0.25) is 5.02 Å². The van der Waals surface area contributed by atoms with Crippen molar-refractivity contribution in [3.63, 3.8) is 0 Å². The largest absolute Gasteiger partial charge is 0.410 e. The molecule has 0 bridgehead atoms. The summed E-state index contributed by atoms with van der Waals surface area (Å²) in [5.41, 5.74) is 8.51. The van der Waals surface area contributed by atoms with Crippen LogP contribution in [0.15, 0.2) is 65.9 Å². The minimum Gasteiger partial charge on any atom is -0.410 e. The predicted molar refractivity (Wildman–Crippen MR) is 126 cm³/mol. The van der Waals surface area contributed by atoms with E-state index in [1.54, 1.807) is 0 Å². The van der Waals surface area contributed by atoms with Crippen LogP contribution in [0.1, 0.15) is 27.8 Å². The molecule has 1 aromatic heterocycles. The fraction of sp³-hybridized carbons (Fsp3) is 0.160. The Bertz CT molecular complexity index is 1270. The molecule has 2 N–H and O–H groups in total. The topological polar surface area (TPSA) is 51.6 Å². The average Bonchev–Trinajstić information content (AvgIpc) is 3.21. The molecular formula is C25H24ClN3O. The van der Waals surface area contributed by atoms with Crippen LogP contribution >= 0.6 is 11.6 Å². The van der Waals surface area contributed by atoms with E-state index in [2.05, 4.69) is 46.2 Å². The van der Waals surface area contributed by atoms with Crippen LogP contribution in [-0.4, -0.2) is 23.0 Å². The van der Waals surface area contributed by atoms with Gasteiger partial charge in [0.25, 0.3) is 0 Å². The van der Waals surface area contributed by atoms with Crippen molar-refractivity contribution in [2.75, 3.05) is 11.9 Å². The van der Waals surface area contributed by atoms with Crippen molar-refractivity contribution >= 4 is 39.6 Å². The number of nitrogens with one attached hydrogen (secondary N) is 1. The van der Waals surface area contributed by atoms with Gasteiger partial charge in [-0.1, -0.05) is 35.0 Å². The van der Waals surface area contributed by atoms with E-state index < -0.39 is 0 Å². The molecule has 4 rings (SSSR count). The summed E-state index contributed by atoms with van der Waals surface area (Å²) in [6.07, 6.45) is 1.94. The predicted octanol–water partition coefficient (Wildman–Crippen LogP) is 6.74. The SMILES string of the molecule is Cc1cc(C)c(C(=NO)c2ccc(N(C)c3cccc4cc[nH]c34)cc2Cl)cc1C. The van der Waals surface area contributed by atoms with E-state index in [4.69, 9.17) is 11.6 Å². The summed E-state index contributed by atoms with van der Waals surface area (Å²) in [7, 11) is 2.01. The molecule has 30 heavy (non-hydrogen) atoms. The van der Waals surface area contributed by atoms with Crippen LogP contribution in [0.4, 0.5) is 11.4 Å². The Balaban J connectivity index is 1.74. The molecule has 0 amide bonds. The van der Waals surface area contributed by atoms with Crippen molar-refractivity contribution in [2.45, 2.75) is 20.8 Å². The molecule has 0 fully saturated rings. The first kappa shape index (κ1) is 20.0. The monoisotopic (exact) mass is 417 g/mol. The van der Waals surface area contributed by atoms with E-state index in [0.717, 1.165) is 39.0 Å². The van der Waals surface area contributed by atoms with Gasteiger partial charge in [0.1, 0.15) is 5.71 Å². The average molecular weight is 418 g/mol. The number of fused-ring (bicyclic) bond motifs is 1. The van der Waals surface area contributed by atoms with Crippen LogP contribution in [0, 0.1) is 20.8 Å². The van der Waals surface area contributed by atoms with Gasteiger partial charge in [0.15, 0.2) is 0 Å². The first-order valence-electron chi connectivity index (χ1n) is 9.80. The van der Waals surface area contributed by atoms with E-state index in [1.165, 1.54) is 5.56 Å². The molecule has 0 saturated heterocycles.